The Bertz CT molecular complexity index is 831. The first kappa shape index (κ1) is 18.0. The number of aliphatic hydroxyl groups is 2. The zero-order valence-electron chi connectivity index (χ0n) is 13.6. The zero-order valence-corrected chi connectivity index (χ0v) is 15.1. The van der Waals surface area contributed by atoms with Crippen LogP contribution >= 0.6 is 23.2 Å². The highest BCUT2D eigenvalue weighted by Gasteiger charge is 2.48. The van der Waals surface area contributed by atoms with Crippen LogP contribution in [0.15, 0.2) is 67.3 Å². The van der Waals surface area contributed by atoms with Gasteiger partial charge in [-0.2, -0.15) is 0 Å². The number of nitrogens with zero attached hydrogens (tertiary/aromatic N) is 2. The Kier molecular flexibility index (Phi) is 4.89. The standard InChI is InChI=1S/C19H18Cl2N2O2/c1-18(24,14-2-6-16(20)7-3-14)19(25,12-23-11-10-22-13-23)15-4-8-17(21)9-5-15/h2-11,13,24-25H,12H2,1H3/t18-,19-/m0/s1. The van der Waals surface area contributed by atoms with Crippen molar-refractivity contribution in [1.29, 1.82) is 0 Å². The Morgan fingerprint density at radius 3 is 1.92 bits per heavy atom. The molecule has 0 fully saturated rings. The van der Waals surface area contributed by atoms with Gasteiger partial charge in [-0.3, -0.25) is 0 Å². The normalized spacial score (nSPS) is 16.2. The highest BCUT2D eigenvalue weighted by Crippen LogP contribution is 2.42. The van der Waals surface area contributed by atoms with E-state index in [0.29, 0.717) is 21.2 Å². The topological polar surface area (TPSA) is 58.3 Å². The lowest BCUT2D eigenvalue weighted by atomic mass is 9.74. The predicted molar refractivity (Wildman–Crippen MR) is 98.6 cm³/mol. The SMILES string of the molecule is C[C@](O)(c1ccc(Cl)cc1)[C@](O)(Cn1ccnc1)c1ccc(Cl)cc1. The maximum atomic E-state index is 11.6. The molecule has 0 bridgehead atoms. The Balaban J connectivity index is 2.12. The van der Waals surface area contributed by atoms with Crippen LogP contribution in [0.25, 0.3) is 0 Å². The highest BCUT2D eigenvalue weighted by molar-refractivity contribution is 6.30. The quantitative estimate of drug-likeness (QED) is 0.707. The van der Waals surface area contributed by atoms with E-state index >= 15 is 0 Å². The van der Waals surface area contributed by atoms with Crippen LogP contribution in [-0.4, -0.2) is 19.8 Å². The molecule has 0 aliphatic rings. The Hall–Kier alpha value is -1.85. The smallest absolute Gasteiger partial charge is 0.140 e. The maximum Gasteiger partial charge on any atom is 0.140 e. The van der Waals surface area contributed by atoms with Gasteiger partial charge in [0, 0.05) is 22.4 Å². The van der Waals surface area contributed by atoms with Crippen LogP contribution in [0.4, 0.5) is 0 Å². The third-order valence-corrected chi connectivity index (χ3v) is 5.01. The van der Waals surface area contributed by atoms with Crippen molar-refractivity contribution < 1.29 is 10.2 Å². The van der Waals surface area contributed by atoms with Gasteiger partial charge in [0.1, 0.15) is 11.2 Å². The van der Waals surface area contributed by atoms with Crippen molar-refractivity contribution in [2.45, 2.75) is 24.7 Å². The van der Waals surface area contributed by atoms with Gasteiger partial charge >= 0.3 is 0 Å². The fourth-order valence-electron chi connectivity index (χ4n) is 2.91. The van der Waals surface area contributed by atoms with E-state index in [4.69, 9.17) is 23.2 Å². The molecule has 0 aliphatic carbocycles. The van der Waals surface area contributed by atoms with Crippen LogP contribution in [-0.2, 0) is 17.7 Å². The van der Waals surface area contributed by atoms with Crippen LogP contribution < -0.4 is 0 Å². The molecule has 2 aromatic carbocycles. The summed E-state index contributed by atoms with van der Waals surface area (Å²) in [5, 5.41) is 24.1. The van der Waals surface area contributed by atoms with Gasteiger partial charge in [-0.15, -0.1) is 0 Å². The van der Waals surface area contributed by atoms with Crippen molar-refractivity contribution in [2.75, 3.05) is 0 Å². The minimum Gasteiger partial charge on any atom is -0.382 e. The summed E-state index contributed by atoms with van der Waals surface area (Å²) in [4.78, 5) is 4.01. The van der Waals surface area contributed by atoms with E-state index in [1.807, 2.05) is 0 Å². The third kappa shape index (κ3) is 3.44. The Labute approximate surface area is 156 Å². The van der Waals surface area contributed by atoms with Gasteiger partial charge in [-0.05, 0) is 42.3 Å². The number of aromatic nitrogens is 2. The van der Waals surface area contributed by atoms with Gasteiger partial charge in [-0.25, -0.2) is 4.98 Å². The summed E-state index contributed by atoms with van der Waals surface area (Å²) in [5.74, 6) is 0. The molecular formula is C19H18Cl2N2O2. The largest absolute Gasteiger partial charge is 0.382 e. The fraction of sp³-hybridized carbons (Fsp3) is 0.211. The summed E-state index contributed by atoms with van der Waals surface area (Å²) in [7, 11) is 0. The number of imidazole rings is 1. The van der Waals surface area contributed by atoms with E-state index in [1.165, 1.54) is 0 Å². The van der Waals surface area contributed by atoms with Crippen LogP contribution in [0.5, 0.6) is 0 Å². The second-order valence-corrected chi connectivity index (χ2v) is 7.05. The average Bonchev–Trinajstić information content (AvgIpc) is 3.08. The summed E-state index contributed by atoms with van der Waals surface area (Å²) in [6.07, 6.45) is 4.96. The molecule has 0 saturated heterocycles. The van der Waals surface area contributed by atoms with Gasteiger partial charge in [-0.1, -0.05) is 47.5 Å². The molecule has 0 saturated carbocycles. The zero-order chi connectivity index (χ0) is 18.1. The van der Waals surface area contributed by atoms with Crippen molar-refractivity contribution in [3.05, 3.63) is 88.4 Å². The monoisotopic (exact) mass is 376 g/mol. The average molecular weight is 377 g/mol. The predicted octanol–water partition coefficient (Wildman–Crippen LogP) is 3.99. The molecule has 1 aromatic heterocycles. The van der Waals surface area contributed by atoms with Gasteiger partial charge < -0.3 is 14.8 Å². The minimum atomic E-state index is -1.62. The lowest BCUT2D eigenvalue weighted by molar-refractivity contribution is -0.163. The number of halogens is 2. The number of benzene rings is 2. The lowest BCUT2D eigenvalue weighted by Crippen LogP contribution is -2.50. The van der Waals surface area contributed by atoms with Gasteiger partial charge in [0.15, 0.2) is 0 Å². The van der Waals surface area contributed by atoms with Crippen molar-refractivity contribution in [1.82, 2.24) is 9.55 Å². The van der Waals surface area contributed by atoms with E-state index in [9.17, 15) is 10.2 Å². The second kappa shape index (κ2) is 6.81. The molecule has 2 atom stereocenters. The molecule has 3 aromatic rings. The van der Waals surface area contributed by atoms with E-state index in [-0.39, 0.29) is 6.54 Å². The summed E-state index contributed by atoms with van der Waals surface area (Å²) in [6, 6.07) is 13.6. The van der Waals surface area contributed by atoms with Crippen LogP contribution in [0, 0.1) is 0 Å². The molecule has 1 heterocycles. The molecule has 0 aliphatic heterocycles. The molecule has 25 heavy (non-hydrogen) atoms. The van der Waals surface area contributed by atoms with Gasteiger partial charge in [0.25, 0.3) is 0 Å². The molecule has 2 N–H and O–H groups in total. The number of rotatable bonds is 5. The third-order valence-electron chi connectivity index (χ3n) is 4.50. The molecule has 4 nitrogen and oxygen atoms in total. The molecule has 130 valence electrons. The molecule has 3 rings (SSSR count). The lowest BCUT2D eigenvalue weighted by Gasteiger charge is -2.42. The highest BCUT2D eigenvalue weighted by atomic mass is 35.5. The molecule has 6 heteroatoms. The van der Waals surface area contributed by atoms with E-state index < -0.39 is 11.2 Å². The Morgan fingerprint density at radius 1 is 0.920 bits per heavy atom. The first-order valence-corrected chi connectivity index (χ1v) is 8.51. The van der Waals surface area contributed by atoms with E-state index in [0.717, 1.165) is 0 Å². The first-order chi connectivity index (χ1) is 11.8. The Morgan fingerprint density at radius 2 is 1.44 bits per heavy atom. The van der Waals surface area contributed by atoms with Gasteiger partial charge in [0.05, 0.1) is 12.9 Å². The summed E-state index contributed by atoms with van der Waals surface area (Å²) in [6.45, 7) is 1.70. The van der Waals surface area contributed by atoms with E-state index in [1.54, 1.807) is 78.7 Å². The number of hydrogen-bond acceptors (Lipinski definition) is 3. The summed E-state index contributed by atoms with van der Waals surface area (Å²) >= 11 is 11.9. The molecular weight excluding hydrogens is 359 g/mol. The van der Waals surface area contributed by atoms with Crippen molar-refractivity contribution in [3.63, 3.8) is 0 Å². The van der Waals surface area contributed by atoms with Crippen LogP contribution in [0.3, 0.4) is 0 Å². The van der Waals surface area contributed by atoms with Crippen LogP contribution in [0.2, 0.25) is 10.0 Å². The first-order valence-electron chi connectivity index (χ1n) is 7.75. The van der Waals surface area contributed by atoms with Crippen LogP contribution in [0.1, 0.15) is 18.1 Å². The minimum absolute atomic E-state index is 0.115. The molecule has 0 spiro atoms. The second-order valence-electron chi connectivity index (χ2n) is 6.18. The summed E-state index contributed by atoms with van der Waals surface area (Å²) < 4.78 is 1.72. The molecule has 0 radical (unpaired) electrons. The van der Waals surface area contributed by atoms with Crippen molar-refractivity contribution in [3.8, 4) is 0 Å². The number of hydrogen-bond donors (Lipinski definition) is 2. The maximum absolute atomic E-state index is 11.6. The molecule has 0 amide bonds. The van der Waals surface area contributed by atoms with Gasteiger partial charge in [0.2, 0.25) is 0 Å². The molecule has 0 unspecified atom stereocenters. The fourth-order valence-corrected chi connectivity index (χ4v) is 3.16. The van der Waals surface area contributed by atoms with Crippen molar-refractivity contribution in [2.24, 2.45) is 0 Å². The van der Waals surface area contributed by atoms with Crippen molar-refractivity contribution >= 4 is 23.2 Å². The summed E-state index contributed by atoms with van der Waals surface area (Å²) in [5.41, 5.74) is -2.11. The van der Waals surface area contributed by atoms with E-state index in [2.05, 4.69) is 4.98 Å².